The van der Waals surface area contributed by atoms with Crippen molar-refractivity contribution in [2.24, 2.45) is 11.1 Å². The van der Waals surface area contributed by atoms with Crippen molar-refractivity contribution < 1.29 is 18.3 Å². The molecule has 1 rings (SSSR count). The molecule has 0 bridgehead atoms. The van der Waals surface area contributed by atoms with Crippen molar-refractivity contribution in [3.63, 3.8) is 0 Å². The fourth-order valence-corrected chi connectivity index (χ4v) is 1.34. The number of benzene rings is 1. The third-order valence-electron chi connectivity index (χ3n) is 2.60. The molecule has 17 heavy (non-hydrogen) atoms. The Bertz CT molecular complexity index is 375. The molecule has 0 fully saturated rings. The van der Waals surface area contributed by atoms with E-state index in [1.807, 2.05) is 0 Å². The van der Waals surface area contributed by atoms with Crippen LogP contribution < -0.4 is 5.73 Å². The minimum atomic E-state index is -1.04. The van der Waals surface area contributed by atoms with Crippen LogP contribution in [0.1, 0.15) is 25.5 Å². The van der Waals surface area contributed by atoms with Gasteiger partial charge in [-0.05, 0) is 0 Å². The maximum Gasteiger partial charge on any atom is 0.133 e. The summed E-state index contributed by atoms with van der Waals surface area (Å²) in [4.78, 5) is 0. The van der Waals surface area contributed by atoms with Crippen molar-refractivity contribution >= 4 is 12.4 Å². The molecule has 0 heterocycles. The molecule has 0 aliphatic carbocycles. The maximum absolute atomic E-state index is 13.4. The molecular formula is C11H15ClF3NO. The standard InChI is InChI=1S/C11H14F3NO.ClH/c1-11(2,5-16)10(15)9-7(13)3-6(12)4-8(9)14;/h3-4,10,16H,5,15H2,1-2H3;1H/t10-;/m0./s1. The maximum atomic E-state index is 13.4. The molecule has 0 saturated heterocycles. The molecule has 0 saturated carbocycles. The van der Waals surface area contributed by atoms with E-state index in [9.17, 15) is 13.2 Å². The van der Waals surface area contributed by atoms with Crippen molar-refractivity contribution in [3.05, 3.63) is 35.1 Å². The Kier molecular flexibility index (Phi) is 5.45. The van der Waals surface area contributed by atoms with Crippen molar-refractivity contribution in [1.82, 2.24) is 0 Å². The van der Waals surface area contributed by atoms with Crippen LogP contribution in [0.2, 0.25) is 0 Å². The normalized spacial score (nSPS) is 13.1. The zero-order chi connectivity index (χ0) is 12.5. The molecule has 0 unspecified atom stereocenters. The quantitative estimate of drug-likeness (QED) is 0.886. The third kappa shape index (κ3) is 3.34. The zero-order valence-corrected chi connectivity index (χ0v) is 10.3. The largest absolute Gasteiger partial charge is 0.396 e. The number of halogens is 4. The van der Waals surface area contributed by atoms with Gasteiger partial charge in [0.15, 0.2) is 0 Å². The second kappa shape index (κ2) is 5.71. The zero-order valence-electron chi connectivity index (χ0n) is 9.51. The highest BCUT2D eigenvalue weighted by atomic mass is 35.5. The van der Waals surface area contributed by atoms with E-state index < -0.39 is 34.5 Å². The van der Waals surface area contributed by atoms with Crippen molar-refractivity contribution in [2.75, 3.05) is 6.61 Å². The number of aliphatic hydroxyl groups is 1. The first-order chi connectivity index (χ1) is 7.29. The molecule has 1 aromatic rings. The summed E-state index contributed by atoms with van der Waals surface area (Å²) in [5.74, 6) is -3.06. The number of hydrogen-bond acceptors (Lipinski definition) is 2. The lowest BCUT2D eigenvalue weighted by molar-refractivity contribution is 0.129. The Balaban J connectivity index is 0.00000256. The van der Waals surface area contributed by atoms with Gasteiger partial charge in [0, 0.05) is 35.8 Å². The fourth-order valence-electron chi connectivity index (χ4n) is 1.34. The smallest absolute Gasteiger partial charge is 0.133 e. The van der Waals surface area contributed by atoms with Gasteiger partial charge >= 0.3 is 0 Å². The summed E-state index contributed by atoms with van der Waals surface area (Å²) in [7, 11) is 0. The van der Waals surface area contributed by atoms with E-state index in [0.717, 1.165) is 0 Å². The molecule has 0 aromatic heterocycles. The van der Waals surface area contributed by atoms with Gasteiger partial charge in [-0.25, -0.2) is 13.2 Å². The van der Waals surface area contributed by atoms with Gasteiger partial charge < -0.3 is 10.8 Å². The molecule has 0 radical (unpaired) electrons. The molecule has 0 spiro atoms. The van der Waals surface area contributed by atoms with E-state index in [1.54, 1.807) is 13.8 Å². The van der Waals surface area contributed by atoms with E-state index in [1.165, 1.54) is 0 Å². The highest BCUT2D eigenvalue weighted by molar-refractivity contribution is 5.85. The van der Waals surface area contributed by atoms with E-state index >= 15 is 0 Å². The van der Waals surface area contributed by atoms with E-state index in [2.05, 4.69) is 0 Å². The summed E-state index contributed by atoms with van der Waals surface area (Å²) < 4.78 is 39.5. The Morgan fingerprint density at radius 3 is 2.00 bits per heavy atom. The first kappa shape index (κ1) is 16.2. The minimum absolute atomic E-state index is 0. The van der Waals surface area contributed by atoms with Gasteiger partial charge in [0.25, 0.3) is 0 Å². The monoisotopic (exact) mass is 269 g/mol. The second-order valence-electron chi connectivity index (χ2n) is 4.41. The molecule has 0 amide bonds. The van der Waals surface area contributed by atoms with Crippen LogP contribution in [0.15, 0.2) is 12.1 Å². The van der Waals surface area contributed by atoms with Gasteiger partial charge in [-0.1, -0.05) is 13.8 Å². The summed E-state index contributed by atoms with van der Waals surface area (Å²) in [6.45, 7) is 2.81. The highest BCUT2D eigenvalue weighted by Crippen LogP contribution is 2.33. The van der Waals surface area contributed by atoms with Crippen molar-refractivity contribution in [2.45, 2.75) is 19.9 Å². The summed E-state index contributed by atoms with van der Waals surface area (Å²) in [6, 6.07) is 0.107. The lowest BCUT2D eigenvalue weighted by Gasteiger charge is -2.30. The van der Waals surface area contributed by atoms with Crippen molar-refractivity contribution in [1.29, 1.82) is 0 Å². The van der Waals surface area contributed by atoms with Crippen LogP contribution in [0, 0.1) is 22.9 Å². The predicted octanol–water partition coefficient (Wildman–Crippen LogP) is 2.54. The van der Waals surface area contributed by atoms with Crippen LogP contribution in [0.5, 0.6) is 0 Å². The Morgan fingerprint density at radius 1 is 1.24 bits per heavy atom. The van der Waals surface area contributed by atoms with Gasteiger partial charge in [0.1, 0.15) is 17.5 Å². The van der Waals surface area contributed by atoms with Gasteiger partial charge in [-0.2, -0.15) is 0 Å². The topological polar surface area (TPSA) is 46.2 Å². The van der Waals surface area contributed by atoms with Gasteiger partial charge in [-0.15, -0.1) is 12.4 Å². The van der Waals surface area contributed by atoms with E-state index in [-0.39, 0.29) is 19.0 Å². The molecule has 1 aromatic carbocycles. The number of rotatable bonds is 3. The van der Waals surface area contributed by atoms with Crippen LogP contribution in [0.3, 0.4) is 0 Å². The summed E-state index contributed by atoms with van der Waals surface area (Å²) in [5, 5.41) is 9.06. The SMILES string of the molecule is CC(C)(CO)[C@@H](N)c1c(F)cc(F)cc1F.Cl. The summed E-state index contributed by atoms with van der Waals surface area (Å²) in [6.07, 6.45) is 0. The molecular weight excluding hydrogens is 255 g/mol. The van der Waals surface area contributed by atoms with Gasteiger partial charge in [0.05, 0.1) is 0 Å². The van der Waals surface area contributed by atoms with E-state index in [4.69, 9.17) is 10.8 Å². The summed E-state index contributed by atoms with van der Waals surface area (Å²) >= 11 is 0. The first-order valence-electron chi connectivity index (χ1n) is 4.80. The molecule has 0 aliphatic heterocycles. The predicted molar refractivity (Wildman–Crippen MR) is 61.4 cm³/mol. The number of aliphatic hydroxyl groups excluding tert-OH is 1. The lowest BCUT2D eigenvalue weighted by atomic mass is 9.81. The van der Waals surface area contributed by atoms with Crippen molar-refractivity contribution in [3.8, 4) is 0 Å². The molecule has 6 heteroatoms. The molecule has 0 aliphatic rings. The minimum Gasteiger partial charge on any atom is -0.396 e. The van der Waals surface area contributed by atoms with Crippen LogP contribution in [-0.4, -0.2) is 11.7 Å². The molecule has 98 valence electrons. The highest BCUT2D eigenvalue weighted by Gasteiger charge is 2.31. The Labute approximate surface area is 104 Å². The molecule has 2 nitrogen and oxygen atoms in total. The van der Waals surface area contributed by atoms with Crippen LogP contribution in [-0.2, 0) is 0 Å². The van der Waals surface area contributed by atoms with Crippen LogP contribution in [0.4, 0.5) is 13.2 Å². The number of nitrogens with two attached hydrogens (primary N) is 1. The molecule has 1 atom stereocenters. The van der Waals surface area contributed by atoms with Crippen LogP contribution >= 0.6 is 12.4 Å². The average molecular weight is 270 g/mol. The summed E-state index contributed by atoms with van der Waals surface area (Å²) in [5.41, 5.74) is 4.38. The van der Waals surface area contributed by atoms with E-state index in [0.29, 0.717) is 12.1 Å². The second-order valence-corrected chi connectivity index (χ2v) is 4.41. The average Bonchev–Trinajstić information content (AvgIpc) is 2.15. The molecule has 3 N–H and O–H groups in total. The third-order valence-corrected chi connectivity index (χ3v) is 2.60. The first-order valence-corrected chi connectivity index (χ1v) is 4.80. The van der Waals surface area contributed by atoms with Gasteiger partial charge in [-0.3, -0.25) is 0 Å². The Hall–Kier alpha value is -0.780. The Morgan fingerprint density at radius 2 is 1.65 bits per heavy atom. The number of hydrogen-bond donors (Lipinski definition) is 2. The lowest BCUT2D eigenvalue weighted by Crippen LogP contribution is -2.33. The van der Waals surface area contributed by atoms with Gasteiger partial charge in [0.2, 0.25) is 0 Å². The fraction of sp³-hybridized carbons (Fsp3) is 0.455. The van der Waals surface area contributed by atoms with Crippen LogP contribution in [0.25, 0.3) is 0 Å².